The molecule has 0 N–H and O–H groups in total. The van der Waals surface area contributed by atoms with Crippen molar-refractivity contribution in [2.45, 2.75) is 27.7 Å². The van der Waals surface area contributed by atoms with Gasteiger partial charge in [0, 0.05) is 5.56 Å². The van der Waals surface area contributed by atoms with Crippen LogP contribution in [0, 0.1) is 20.8 Å². The molecule has 84 valence electrons. The van der Waals surface area contributed by atoms with Crippen molar-refractivity contribution in [3.05, 3.63) is 58.7 Å². The van der Waals surface area contributed by atoms with E-state index >= 15 is 0 Å². The minimum Gasteiger partial charge on any atom is -0.289 e. The Labute approximate surface area is 97.5 Å². The van der Waals surface area contributed by atoms with Crippen LogP contribution in [0.25, 0.3) is 0 Å². The number of Topliss-reactive ketones (excluding diaryl/α,β-unsaturated/α-hetero) is 1. The lowest BCUT2D eigenvalue weighted by Gasteiger charge is -2.10. The Balaban J connectivity index is 3.29. The molecule has 16 heavy (non-hydrogen) atoms. The van der Waals surface area contributed by atoms with E-state index < -0.39 is 0 Å². The molecule has 0 saturated heterocycles. The summed E-state index contributed by atoms with van der Waals surface area (Å²) in [5, 5.41) is 0. The van der Waals surface area contributed by atoms with Crippen LogP contribution in [0.15, 0.2) is 36.4 Å². The number of allylic oxidation sites excluding steroid dienone is 3. The van der Waals surface area contributed by atoms with E-state index in [1.165, 1.54) is 5.56 Å². The Morgan fingerprint density at radius 3 is 2.12 bits per heavy atom. The molecule has 1 aromatic rings. The van der Waals surface area contributed by atoms with Gasteiger partial charge in [-0.1, -0.05) is 36.4 Å². The first-order chi connectivity index (χ1) is 7.47. The summed E-state index contributed by atoms with van der Waals surface area (Å²) in [6.07, 6.45) is 3.40. The van der Waals surface area contributed by atoms with Crippen molar-refractivity contribution in [2.75, 3.05) is 0 Å². The van der Waals surface area contributed by atoms with Gasteiger partial charge in [-0.05, 0) is 44.4 Å². The Bertz CT molecular complexity index is 441. The number of aryl methyl sites for hydroxylation is 3. The fourth-order valence-corrected chi connectivity index (χ4v) is 1.99. The second-order valence-corrected chi connectivity index (χ2v) is 4.19. The van der Waals surface area contributed by atoms with Crippen molar-refractivity contribution in [3.8, 4) is 0 Å². The molecule has 0 unspecified atom stereocenters. The number of carbonyl (C=O) groups excluding carboxylic acids is 1. The van der Waals surface area contributed by atoms with Crippen LogP contribution in [0.2, 0.25) is 0 Å². The van der Waals surface area contributed by atoms with Gasteiger partial charge < -0.3 is 0 Å². The molecule has 1 rings (SSSR count). The molecule has 0 saturated carbocycles. The molecular weight excluding hydrogens is 196 g/mol. The zero-order valence-corrected chi connectivity index (χ0v) is 10.4. The molecule has 0 fully saturated rings. The Kier molecular flexibility index (Phi) is 3.83. The number of hydrogen-bond acceptors (Lipinski definition) is 1. The van der Waals surface area contributed by atoms with E-state index in [9.17, 15) is 4.79 Å². The fourth-order valence-electron chi connectivity index (χ4n) is 1.99. The maximum Gasteiger partial charge on any atom is 0.189 e. The smallest absolute Gasteiger partial charge is 0.189 e. The predicted molar refractivity (Wildman–Crippen MR) is 68.9 cm³/mol. The molecular formula is C15H18O. The molecule has 0 aliphatic heterocycles. The van der Waals surface area contributed by atoms with Crippen molar-refractivity contribution in [1.82, 2.24) is 0 Å². The Morgan fingerprint density at radius 1 is 1.19 bits per heavy atom. The summed E-state index contributed by atoms with van der Waals surface area (Å²) in [6.45, 7) is 11.4. The van der Waals surface area contributed by atoms with Crippen LogP contribution >= 0.6 is 0 Å². The Morgan fingerprint density at radius 2 is 1.69 bits per heavy atom. The van der Waals surface area contributed by atoms with E-state index in [0.717, 1.165) is 22.3 Å². The van der Waals surface area contributed by atoms with Crippen LogP contribution in [-0.2, 0) is 0 Å². The standard InChI is InChI=1S/C15H18O/c1-6-7-11(3)15(16)14-12(4)8-10(2)9-13(14)5/h6-9H,1H2,2-5H3/b11-7+. The predicted octanol–water partition coefficient (Wildman–Crippen LogP) is 3.93. The highest BCUT2D eigenvalue weighted by Gasteiger charge is 2.13. The number of carbonyl (C=O) groups is 1. The van der Waals surface area contributed by atoms with Gasteiger partial charge in [0.15, 0.2) is 5.78 Å². The first-order valence-corrected chi connectivity index (χ1v) is 5.39. The van der Waals surface area contributed by atoms with Crippen molar-refractivity contribution in [3.63, 3.8) is 0 Å². The van der Waals surface area contributed by atoms with Gasteiger partial charge in [0.05, 0.1) is 0 Å². The first kappa shape index (κ1) is 12.4. The van der Waals surface area contributed by atoms with E-state index in [-0.39, 0.29) is 5.78 Å². The molecule has 1 heteroatoms. The van der Waals surface area contributed by atoms with Gasteiger partial charge in [-0.2, -0.15) is 0 Å². The van der Waals surface area contributed by atoms with Gasteiger partial charge in [-0.15, -0.1) is 0 Å². The Hall–Kier alpha value is -1.63. The van der Waals surface area contributed by atoms with E-state index in [2.05, 4.69) is 6.58 Å². The second kappa shape index (κ2) is 4.93. The summed E-state index contributed by atoms with van der Waals surface area (Å²) in [4.78, 5) is 12.2. The van der Waals surface area contributed by atoms with E-state index in [0.29, 0.717) is 0 Å². The molecule has 0 aliphatic rings. The summed E-state index contributed by atoms with van der Waals surface area (Å²) in [5.74, 6) is 0.0925. The number of hydrogen-bond donors (Lipinski definition) is 0. The molecule has 0 radical (unpaired) electrons. The maximum absolute atomic E-state index is 12.2. The molecule has 0 atom stereocenters. The molecule has 0 bridgehead atoms. The quantitative estimate of drug-likeness (QED) is 0.423. The third-order valence-electron chi connectivity index (χ3n) is 2.63. The van der Waals surface area contributed by atoms with Gasteiger partial charge in [-0.25, -0.2) is 0 Å². The highest BCUT2D eigenvalue weighted by Crippen LogP contribution is 2.19. The molecule has 0 amide bonds. The van der Waals surface area contributed by atoms with Crippen molar-refractivity contribution < 1.29 is 4.79 Å². The molecule has 1 aromatic carbocycles. The van der Waals surface area contributed by atoms with Crippen LogP contribution in [0.1, 0.15) is 34.0 Å². The monoisotopic (exact) mass is 214 g/mol. The lowest BCUT2D eigenvalue weighted by atomic mass is 9.93. The first-order valence-electron chi connectivity index (χ1n) is 5.39. The van der Waals surface area contributed by atoms with E-state index in [4.69, 9.17) is 0 Å². The van der Waals surface area contributed by atoms with Crippen LogP contribution in [0.4, 0.5) is 0 Å². The highest BCUT2D eigenvalue weighted by molar-refractivity contribution is 6.10. The minimum atomic E-state index is 0.0925. The molecule has 0 heterocycles. The zero-order chi connectivity index (χ0) is 12.3. The van der Waals surface area contributed by atoms with Crippen LogP contribution in [0.5, 0.6) is 0 Å². The van der Waals surface area contributed by atoms with Gasteiger partial charge >= 0.3 is 0 Å². The molecule has 1 nitrogen and oxygen atoms in total. The van der Waals surface area contributed by atoms with Crippen LogP contribution < -0.4 is 0 Å². The number of benzene rings is 1. The topological polar surface area (TPSA) is 17.1 Å². The van der Waals surface area contributed by atoms with E-state index in [1.807, 2.05) is 39.8 Å². The third kappa shape index (κ3) is 2.48. The summed E-state index contributed by atoms with van der Waals surface area (Å²) in [7, 11) is 0. The summed E-state index contributed by atoms with van der Waals surface area (Å²) in [6, 6.07) is 4.09. The molecule has 0 aliphatic carbocycles. The minimum absolute atomic E-state index is 0.0925. The van der Waals surface area contributed by atoms with Crippen LogP contribution in [0.3, 0.4) is 0 Å². The average Bonchev–Trinajstić information content (AvgIpc) is 2.16. The van der Waals surface area contributed by atoms with Gasteiger partial charge in [0.1, 0.15) is 0 Å². The summed E-state index contributed by atoms with van der Waals surface area (Å²) in [5.41, 5.74) is 4.82. The average molecular weight is 214 g/mol. The molecule has 0 aromatic heterocycles. The van der Waals surface area contributed by atoms with Crippen LogP contribution in [-0.4, -0.2) is 5.78 Å². The SMILES string of the molecule is C=C/C=C(\C)C(=O)c1c(C)cc(C)cc1C. The van der Waals surface area contributed by atoms with E-state index in [1.54, 1.807) is 12.2 Å². The summed E-state index contributed by atoms with van der Waals surface area (Å²) < 4.78 is 0. The van der Waals surface area contributed by atoms with Gasteiger partial charge in [0.2, 0.25) is 0 Å². The summed E-state index contributed by atoms with van der Waals surface area (Å²) >= 11 is 0. The number of rotatable bonds is 3. The largest absolute Gasteiger partial charge is 0.289 e. The fraction of sp³-hybridized carbons (Fsp3) is 0.267. The lowest BCUT2D eigenvalue weighted by molar-refractivity contribution is 0.103. The number of ketones is 1. The maximum atomic E-state index is 12.2. The van der Waals surface area contributed by atoms with Crippen molar-refractivity contribution in [2.24, 2.45) is 0 Å². The zero-order valence-electron chi connectivity index (χ0n) is 10.4. The molecule has 0 spiro atoms. The van der Waals surface area contributed by atoms with Gasteiger partial charge in [0.25, 0.3) is 0 Å². The second-order valence-electron chi connectivity index (χ2n) is 4.19. The highest BCUT2D eigenvalue weighted by atomic mass is 16.1. The normalized spacial score (nSPS) is 11.4. The third-order valence-corrected chi connectivity index (χ3v) is 2.63. The van der Waals surface area contributed by atoms with Gasteiger partial charge in [-0.3, -0.25) is 4.79 Å². The van der Waals surface area contributed by atoms with Crippen molar-refractivity contribution >= 4 is 5.78 Å². The van der Waals surface area contributed by atoms with Crippen molar-refractivity contribution in [1.29, 1.82) is 0 Å². The lowest BCUT2D eigenvalue weighted by Crippen LogP contribution is -2.06.